The van der Waals surface area contributed by atoms with E-state index in [-0.39, 0.29) is 0 Å². The first-order valence-electron chi connectivity index (χ1n) is 7.55. The normalized spacial score (nSPS) is 38.2. The van der Waals surface area contributed by atoms with Crippen LogP contribution in [0.2, 0.25) is 0 Å². The molecule has 1 saturated carbocycles. The molecule has 3 unspecified atom stereocenters. The molecule has 104 valence electrons. The smallest absolute Gasteiger partial charge is 0.0826 e. The topological polar surface area (TPSA) is 33.7 Å². The number of nitrogens with zero attached hydrogens (tertiary/aromatic N) is 1. The molecule has 3 aliphatic rings. The summed E-state index contributed by atoms with van der Waals surface area (Å²) in [6.07, 6.45) is 4.75. The van der Waals surface area contributed by atoms with Crippen LogP contribution in [-0.4, -0.2) is 62.5 Å². The maximum atomic E-state index is 5.86. The van der Waals surface area contributed by atoms with Crippen molar-refractivity contribution in [3.05, 3.63) is 0 Å². The molecule has 0 aromatic carbocycles. The number of hydrogen-bond donors (Lipinski definition) is 1. The lowest BCUT2D eigenvalue weighted by Gasteiger charge is -2.33. The third kappa shape index (κ3) is 3.05. The summed E-state index contributed by atoms with van der Waals surface area (Å²) in [5, 5.41) is 3.69. The minimum Gasteiger partial charge on any atom is -0.376 e. The summed E-state index contributed by atoms with van der Waals surface area (Å²) < 4.78 is 11.7. The van der Waals surface area contributed by atoms with Crippen LogP contribution in [-0.2, 0) is 9.47 Å². The summed E-state index contributed by atoms with van der Waals surface area (Å²) in [4.78, 5) is 2.47. The standard InChI is InChI=1S/C14H26N2O2/c1-2-16-6-8-17-12(10-16)9-15-13-5-7-18-14(13)11-3-4-11/h11-15H,2-10H2,1H3. The second kappa shape index (κ2) is 5.87. The molecule has 0 spiro atoms. The molecule has 0 aromatic rings. The Morgan fingerprint density at radius 1 is 1.17 bits per heavy atom. The van der Waals surface area contributed by atoms with Crippen molar-refractivity contribution in [1.29, 1.82) is 0 Å². The SMILES string of the molecule is CCN1CCOC(CNC2CCOC2C2CC2)C1. The molecular formula is C14H26N2O2. The van der Waals surface area contributed by atoms with Gasteiger partial charge in [-0.05, 0) is 31.7 Å². The van der Waals surface area contributed by atoms with Crippen molar-refractivity contribution in [2.24, 2.45) is 5.92 Å². The van der Waals surface area contributed by atoms with Gasteiger partial charge in [-0.3, -0.25) is 4.90 Å². The Labute approximate surface area is 110 Å². The molecule has 18 heavy (non-hydrogen) atoms. The highest BCUT2D eigenvalue weighted by Crippen LogP contribution is 2.38. The Morgan fingerprint density at radius 3 is 2.83 bits per heavy atom. The first-order chi connectivity index (χ1) is 8.86. The van der Waals surface area contributed by atoms with Crippen LogP contribution < -0.4 is 5.32 Å². The fraction of sp³-hybridized carbons (Fsp3) is 1.00. The molecule has 2 aliphatic heterocycles. The summed E-state index contributed by atoms with van der Waals surface area (Å²) in [6, 6.07) is 0.568. The van der Waals surface area contributed by atoms with Crippen LogP contribution in [0, 0.1) is 5.92 Å². The van der Waals surface area contributed by atoms with Gasteiger partial charge in [0.2, 0.25) is 0 Å². The van der Waals surface area contributed by atoms with Gasteiger partial charge in [-0.25, -0.2) is 0 Å². The Kier molecular flexibility index (Phi) is 4.19. The summed E-state index contributed by atoms with van der Waals surface area (Å²) in [5.41, 5.74) is 0. The van der Waals surface area contributed by atoms with E-state index in [4.69, 9.17) is 9.47 Å². The van der Waals surface area contributed by atoms with E-state index in [0.29, 0.717) is 18.2 Å². The lowest BCUT2D eigenvalue weighted by Crippen LogP contribution is -2.49. The second-order valence-corrected chi connectivity index (χ2v) is 5.86. The van der Waals surface area contributed by atoms with Crippen LogP contribution in [0.1, 0.15) is 26.2 Å². The zero-order valence-corrected chi connectivity index (χ0v) is 11.4. The number of rotatable bonds is 5. The molecule has 0 amide bonds. The Morgan fingerprint density at radius 2 is 2.06 bits per heavy atom. The first kappa shape index (κ1) is 12.9. The van der Waals surface area contributed by atoms with Gasteiger partial charge in [-0.1, -0.05) is 6.92 Å². The summed E-state index contributed by atoms with van der Waals surface area (Å²) >= 11 is 0. The quantitative estimate of drug-likeness (QED) is 0.789. The van der Waals surface area contributed by atoms with Gasteiger partial charge in [0.15, 0.2) is 0 Å². The average Bonchev–Trinajstić information content (AvgIpc) is 3.15. The molecule has 0 radical (unpaired) electrons. The van der Waals surface area contributed by atoms with Crippen LogP contribution in [0.3, 0.4) is 0 Å². The second-order valence-electron chi connectivity index (χ2n) is 5.86. The van der Waals surface area contributed by atoms with Crippen molar-refractivity contribution in [2.45, 2.75) is 44.4 Å². The number of ether oxygens (including phenoxy) is 2. The molecule has 2 saturated heterocycles. The Balaban J connectivity index is 1.42. The highest BCUT2D eigenvalue weighted by molar-refractivity contribution is 4.94. The maximum Gasteiger partial charge on any atom is 0.0826 e. The third-order valence-electron chi connectivity index (χ3n) is 4.50. The van der Waals surface area contributed by atoms with Crippen LogP contribution in [0.5, 0.6) is 0 Å². The van der Waals surface area contributed by atoms with Gasteiger partial charge in [0.1, 0.15) is 0 Å². The summed E-state index contributed by atoms with van der Waals surface area (Å²) in [5.74, 6) is 0.837. The van der Waals surface area contributed by atoms with Gasteiger partial charge < -0.3 is 14.8 Å². The molecule has 1 aliphatic carbocycles. The molecule has 3 atom stereocenters. The number of morpholine rings is 1. The van der Waals surface area contributed by atoms with Crippen LogP contribution in [0.15, 0.2) is 0 Å². The maximum absolute atomic E-state index is 5.86. The number of nitrogens with one attached hydrogen (secondary N) is 1. The Hall–Kier alpha value is -0.160. The fourth-order valence-corrected chi connectivity index (χ4v) is 3.19. The predicted octanol–water partition coefficient (Wildman–Crippen LogP) is 0.864. The molecule has 1 N–H and O–H groups in total. The van der Waals surface area contributed by atoms with Crippen LogP contribution >= 0.6 is 0 Å². The van der Waals surface area contributed by atoms with Gasteiger partial charge in [-0.15, -0.1) is 0 Å². The van der Waals surface area contributed by atoms with Crippen molar-refractivity contribution in [3.8, 4) is 0 Å². The van der Waals surface area contributed by atoms with Gasteiger partial charge in [0, 0.05) is 32.3 Å². The van der Waals surface area contributed by atoms with Crippen molar-refractivity contribution in [1.82, 2.24) is 10.2 Å². The summed E-state index contributed by atoms with van der Waals surface area (Å²) in [7, 11) is 0. The van der Waals surface area contributed by atoms with E-state index in [1.165, 1.54) is 19.3 Å². The van der Waals surface area contributed by atoms with Crippen molar-refractivity contribution in [3.63, 3.8) is 0 Å². The predicted molar refractivity (Wildman–Crippen MR) is 70.7 cm³/mol. The van der Waals surface area contributed by atoms with Gasteiger partial charge in [0.05, 0.1) is 18.8 Å². The lowest BCUT2D eigenvalue weighted by atomic mass is 10.1. The van der Waals surface area contributed by atoms with Gasteiger partial charge in [0.25, 0.3) is 0 Å². The molecule has 4 nitrogen and oxygen atoms in total. The third-order valence-corrected chi connectivity index (χ3v) is 4.50. The van der Waals surface area contributed by atoms with E-state index in [0.717, 1.165) is 45.3 Å². The molecule has 2 heterocycles. The van der Waals surface area contributed by atoms with E-state index < -0.39 is 0 Å². The largest absolute Gasteiger partial charge is 0.376 e. The molecule has 4 heteroatoms. The van der Waals surface area contributed by atoms with Crippen LogP contribution in [0.4, 0.5) is 0 Å². The van der Waals surface area contributed by atoms with Crippen molar-refractivity contribution in [2.75, 3.05) is 39.4 Å². The number of hydrogen-bond acceptors (Lipinski definition) is 4. The van der Waals surface area contributed by atoms with E-state index in [9.17, 15) is 0 Å². The molecule has 0 aromatic heterocycles. The zero-order chi connectivity index (χ0) is 12.4. The lowest BCUT2D eigenvalue weighted by molar-refractivity contribution is -0.0278. The monoisotopic (exact) mass is 254 g/mol. The van der Waals surface area contributed by atoms with E-state index >= 15 is 0 Å². The average molecular weight is 254 g/mol. The van der Waals surface area contributed by atoms with Gasteiger partial charge >= 0.3 is 0 Å². The molecular weight excluding hydrogens is 228 g/mol. The Bertz CT molecular complexity index is 271. The van der Waals surface area contributed by atoms with E-state index in [2.05, 4.69) is 17.1 Å². The van der Waals surface area contributed by atoms with E-state index in [1.54, 1.807) is 0 Å². The highest BCUT2D eigenvalue weighted by Gasteiger charge is 2.40. The van der Waals surface area contributed by atoms with Crippen LogP contribution in [0.25, 0.3) is 0 Å². The van der Waals surface area contributed by atoms with Crippen molar-refractivity contribution >= 4 is 0 Å². The highest BCUT2D eigenvalue weighted by atomic mass is 16.5. The van der Waals surface area contributed by atoms with E-state index in [1.807, 2.05) is 0 Å². The number of likely N-dealkylation sites (N-methyl/N-ethyl adjacent to an activating group) is 1. The molecule has 3 fully saturated rings. The summed E-state index contributed by atoms with van der Waals surface area (Å²) in [6.45, 7) is 8.32. The van der Waals surface area contributed by atoms with Crippen molar-refractivity contribution < 1.29 is 9.47 Å². The molecule has 0 bridgehead atoms. The fourth-order valence-electron chi connectivity index (χ4n) is 3.19. The van der Waals surface area contributed by atoms with Gasteiger partial charge in [-0.2, -0.15) is 0 Å². The molecule has 3 rings (SSSR count). The minimum atomic E-state index is 0.360. The first-order valence-corrected chi connectivity index (χ1v) is 7.55. The zero-order valence-electron chi connectivity index (χ0n) is 11.4. The minimum absolute atomic E-state index is 0.360.